The van der Waals surface area contributed by atoms with E-state index < -0.39 is 6.61 Å². The summed E-state index contributed by atoms with van der Waals surface area (Å²) in [6.45, 7) is 0.954. The Morgan fingerprint density at radius 1 is 1.67 bits per heavy atom. The molecule has 0 aromatic carbocycles. The minimum atomic E-state index is -0.391. The molecule has 54 valence electrons. The fourth-order valence-corrected chi connectivity index (χ4v) is 0.386. The van der Waals surface area contributed by atoms with Crippen molar-refractivity contribution in [2.24, 2.45) is 5.73 Å². The van der Waals surface area contributed by atoms with Crippen LogP contribution >= 0.6 is 0 Å². The average molecular weight is 132 g/mol. The number of carbonyl (C=O) groups is 1. The van der Waals surface area contributed by atoms with E-state index in [2.05, 4.69) is 5.32 Å². The van der Waals surface area contributed by atoms with E-state index in [-0.39, 0.29) is 12.3 Å². The highest BCUT2D eigenvalue weighted by atomic mass is 16.3. The van der Waals surface area contributed by atoms with Gasteiger partial charge in [0.15, 0.2) is 5.78 Å². The number of nitrogens with two attached hydrogens (primary N) is 1. The van der Waals surface area contributed by atoms with Gasteiger partial charge in [0.1, 0.15) is 6.61 Å². The molecule has 0 saturated carbocycles. The smallest absolute Gasteiger partial charge is 0.171 e. The van der Waals surface area contributed by atoms with Crippen molar-refractivity contribution in [3.8, 4) is 0 Å². The Morgan fingerprint density at radius 2 is 2.33 bits per heavy atom. The molecular weight excluding hydrogens is 120 g/mol. The van der Waals surface area contributed by atoms with Gasteiger partial charge in [-0.05, 0) is 0 Å². The van der Waals surface area contributed by atoms with Gasteiger partial charge < -0.3 is 16.2 Å². The Bertz CT molecular complexity index is 85.0. The summed E-state index contributed by atoms with van der Waals surface area (Å²) in [4.78, 5) is 10.3. The molecule has 0 heterocycles. The molecule has 0 rings (SSSR count). The van der Waals surface area contributed by atoms with Gasteiger partial charge in [-0.2, -0.15) is 0 Å². The highest BCUT2D eigenvalue weighted by molar-refractivity contribution is 5.81. The number of hydrogen-bond acceptors (Lipinski definition) is 4. The van der Waals surface area contributed by atoms with E-state index in [0.717, 1.165) is 0 Å². The largest absolute Gasteiger partial charge is 0.389 e. The van der Waals surface area contributed by atoms with Crippen LogP contribution in [-0.4, -0.2) is 37.1 Å². The van der Waals surface area contributed by atoms with Gasteiger partial charge in [0.2, 0.25) is 0 Å². The summed E-state index contributed by atoms with van der Waals surface area (Å²) in [6.07, 6.45) is 0. The molecule has 0 saturated heterocycles. The third-order valence-corrected chi connectivity index (χ3v) is 0.820. The Hall–Kier alpha value is -0.450. The molecule has 0 fully saturated rings. The fraction of sp³-hybridized carbons (Fsp3) is 0.800. The number of hydrogen-bond donors (Lipinski definition) is 3. The fourth-order valence-electron chi connectivity index (χ4n) is 0.386. The zero-order chi connectivity index (χ0) is 7.11. The van der Waals surface area contributed by atoms with Gasteiger partial charge in [0, 0.05) is 13.1 Å². The summed E-state index contributed by atoms with van der Waals surface area (Å²) in [5.41, 5.74) is 5.12. The van der Waals surface area contributed by atoms with Crippen LogP contribution in [0.15, 0.2) is 0 Å². The zero-order valence-corrected chi connectivity index (χ0v) is 5.26. The third-order valence-electron chi connectivity index (χ3n) is 0.820. The molecular formula is C5H12N2O2. The van der Waals surface area contributed by atoms with Crippen molar-refractivity contribution in [1.29, 1.82) is 0 Å². The minimum absolute atomic E-state index is 0.205. The van der Waals surface area contributed by atoms with Crippen molar-refractivity contribution in [1.82, 2.24) is 5.32 Å². The molecule has 0 aliphatic heterocycles. The summed E-state index contributed by atoms with van der Waals surface area (Å²) in [6, 6.07) is 0. The first-order chi connectivity index (χ1) is 4.31. The van der Waals surface area contributed by atoms with Crippen LogP contribution in [-0.2, 0) is 4.79 Å². The van der Waals surface area contributed by atoms with Crippen LogP contribution in [0.25, 0.3) is 0 Å². The van der Waals surface area contributed by atoms with E-state index >= 15 is 0 Å². The maximum atomic E-state index is 10.3. The summed E-state index contributed by atoms with van der Waals surface area (Å²) in [7, 11) is 0. The lowest BCUT2D eigenvalue weighted by atomic mass is 10.4. The molecule has 4 heteroatoms. The molecule has 9 heavy (non-hydrogen) atoms. The van der Waals surface area contributed by atoms with Gasteiger partial charge in [0.05, 0.1) is 6.54 Å². The second-order valence-electron chi connectivity index (χ2n) is 1.66. The van der Waals surface area contributed by atoms with Crippen molar-refractivity contribution in [2.75, 3.05) is 26.2 Å². The standard InChI is InChI=1S/C5H12N2O2/c6-1-2-7-3-5(9)4-8/h7-8H,1-4,6H2. The van der Waals surface area contributed by atoms with Crippen LogP contribution in [0.3, 0.4) is 0 Å². The Kier molecular flexibility index (Phi) is 5.40. The SMILES string of the molecule is NCCNCC(=O)CO. The van der Waals surface area contributed by atoms with Crippen molar-refractivity contribution in [3.05, 3.63) is 0 Å². The molecule has 0 radical (unpaired) electrons. The summed E-state index contributed by atoms with van der Waals surface area (Å²) in [5.74, 6) is -0.205. The van der Waals surface area contributed by atoms with Crippen LogP contribution in [0.1, 0.15) is 0 Å². The first-order valence-corrected chi connectivity index (χ1v) is 2.84. The van der Waals surface area contributed by atoms with Crippen LogP contribution in [0.2, 0.25) is 0 Å². The van der Waals surface area contributed by atoms with Gasteiger partial charge in [-0.15, -0.1) is 0 Å². The number of rotatable bonds is 5. The number of ketones is 1. The van der Waals surface area contributed by atoms with Crippen LogP contribution < -0.4 is 11.1 Å². The third kappa shape index (κ3) is 5.42. The second kappa shape index (κ2) is 5.68. The van der Waals surface area contributed by atoms with Crippen molar-refractivity contribution < 1.29 is 9.90 Å². The van der Waals surface area contributed by atoms with E-state index in [9.17, 15) is 4.79 Å². The monoisotopic (exact) mass is 132 g/mol. The molecule has 4 N–H and O–H groups in total. The summed E-state index contributed by atoms with van der Waals surface area (Å²) >= 11 is 0. The van der Waals surface area contributed by atoms with Gasteiger partial charge in [0.25, 0.3) is 0 Å². The molecule has 0 atom stereocenters. The van der Waals surface area contributed by atoms with E-state index in [1.807, 2.05) is 0 Å². The van der Waals surface area contributed by atoms with Gasteiger partial charge in [-0.25, -0.2) is 0 Å². The number of carbonyl (C=O) groups excluding carboxylic acids is 1. The molecule has 0 unspecified atom stereocenters. The predicted molar refractivity (Wildman–Crippen MR) is 34.0 cm³/mol. The molecule has 0 bridgehead atoms. The van der Waals surface area contributed by atoms with E-state index in [1.54, 1.807) is 0 Å². The highest BCUT2D eigenvalue weighted by Gasteiger charge is 1.94. The van der Waals surface area contributed by atoms with Gasteiger partial charge >= 0.3 is 0 Å². The van der Waals surface area contributed by atoms with Crippen molar-refractivity contribution >= 4 is 5.78 Å². The Balaban J connectivity index is 2.97. The maximum absolute atomic E-state index is 10.3. The second-order valence-corrected chi connectivity index (χ2v) is 1.66. The lowest BCUT2D eigenvalue weighted by molar-refractivity contribution is -0.120. The molecule has 0 amide bonds. The van der Waals surface area contributed by atoms with Gasteiger partial charge in [-0.3, -0.25) is 4.79 Å². The van der Waals surface area contributed by atoms with Crippen molar-refractivity contribution in [3.63, 3.8) is 0 Å². The van der Waals surface area contributed by atoms with Crippen LogP contribution in [0, 0.1) is 0 Å². The first kappa shape index (κ1) is 8.55. The van der Waals surface area contributed by atoms with E-state index in [4.69, 9.17) is 10.8 Å². The normalized spacial score (nSPS) is 9.56. The molecule has 0 aromatic heterocycles. The zero-order valence-electron chi connectivity index (χ0n) is 5.26. The molecule has 0 aliphatic rings. The lowest BCUT2D eigenvalue weighted by Gasteiger charge is -1.97. The van der Waals surface area contributed by atoms with Crippen molar-refractivity contribution in [2.45, 2.75) is 0 Å². The van der Waals surface area contributed by atoms with Crippen LogP contribution in [0.5, 0.6) is 0 Å². The molecule has 0 aromatic rings. The summed E-state index contributed by atoms with van der Waals surface area (Å²) in [5, 5.41) is 11.0. The van der Waals surface area contributed by atoms with Gasteiger partial charge in [-0.1, -0.05) is 0 Å². The molecule has 0 aliphatic carbocycles. The summed E-state index contributed by atoms with van der Waals surface area (Å²) < 4.78 is 0. The quantitative estimate of drug-likeness (QED) is 0.382. The predicted octanol–water partition coefficient (Wildman–Crippen LogP) is -1.90. The number of aliphatic hydroxyl groups is 1. The number of Topliss-reactive ketones (excluding diaryl/α,β-unsaturated/α-hetero) is 1. The first-order valence-electron chi connectivity index (χ1n) is 2.84. The lowest BCUT2D eigenvalue weighted by Crippen LogP contribution is -2.29. The highest BCUT2D eigenvalue weighted by Crippen LogP contribution is 1.64. The average Bonchev–Trinajstić information content (AvgIpc) is 1.89. The Morgan fingerprint density at radius 3 is 2.78 bits per heavy atom. The Labute approximate surface area is 54.0 Å². The van der Waals surface area contributed by atoms with E-state index in [0.29, 0.717) is 13.1 Å². The van der Waals surface area contributed by atoms with E-state index in [1.165, 1.54) is 0 Å². The van der Waals surface area contributed by atoms with Crippen LogP contribution in [0.4, 0.5) is 0 Å². The maximum Gasteiger partial charge on any atom is 0.171 e. The minimum Gasteiger partial charge on any atom is -0.389 e. The molecule has 4 nitrogen and oxygen atoms in total. The number of aliphatic hydroxyl groups excluding tert-OH is 1. The molecule has 0 spiro atoms. The topological polar surface area (TPSA) is 75.3 Å². The number of nitrogens with one attached hydrogen (secondary N) is 1.